The average Bonchev–Trinajstić information content (AvgIpc) is 3.32. The van der Waals surface area contributed by atoms with Crippen LogP contribution < -0.4 is 10.7 Å². The Morgan fingerprint density at radius 2 is 1.87 bits per heavy atom. The number of hydrogen-bond donors (Lipinski definition) is 2. The molecule has 0 spiro atoms. The predicted octanol–water partition coefficient (Wildman–Crippen LogP) is 4.94. The molecule has 0 atom stereocenters. The lowest BCUT2D eigenvalue weighted by Crippen LogP contribution is -2.40. The molecule has 5 aromatic rings. The first-order valence-corrected chi connectivity index (χ1v) is 13.2. The van der Waals surface area contributed by atoms with Gasteiger partial charge >= 0.3 is 0 Å². The van der Waals surface area contributed by atoms with Gasteiger partial charge < -0.3 is 19.7 Å². The topological polar surface area (TPSA) is 113 Å². The van der Waals surface area contributed by atoms with E-state index in [9.17, 15) is 14.7 Å². The van der Waals surface area contributed by atoms with Crippen molar-refractivity contribution in [2.45, 2.75) is 12.8 Å². The lowest BCUT2D eigenvalue weighted by molar-refractivity contribution is 0.0663. The molecule has 10 heteroatoms. The monoisotopic (exact) mass is 573 g/mol. The van der Waals surface area contributed by atoms with Gasteiger partial charge in [0.15, 0.2) is 16.8 Å². The number of nitrogens with one attached hydrogen (secondary N) is 1. The standard InChI is InChI=1S/C28H24BrN5O4/c29-20-16-31-34-26(13-21(32-27(20)34)18-5-1-3-7-22(18)35)30-15-17-9-11-33(12-10-17)28(37)25-14-23(36)19-6-2-4-8-24(19)38-25/h1-8,13-14,16-17,30,35H,9-12,15H2. The normalized spacial score (nSPS) is 14.3. The summed E-state index contributed by atoms with van der Waals surface area (Å²) in [5, 5.41) is 18.7. The second-order valence-electron chi connectivity index (χ2n) is 9.36. The van der Waals surface area contributed by atoms with Crippen molar-refractivity contribution in [3.8, 4) is 17.0 Å². The highest BCUT2D eigenvalue weighted by Gasteiger charge is 2.26. The summed E-state index contributed by atoms with van der Waals surface area (Å²) in [6.07, 6.45) is 3.30. The van der Waals surface area contributed by atoms with Crippen molar-refractivity contribution >= 4 is 44.3 Å². The predicted molar refractivity (Wildman–Crippen MR) is 147 cm³/mol. The number of hydrogen-bond acceptors (Lipinski definition) is 7. The molecule has 6 rings (SSSR count). The number of anilines is 1. The van der Waals surface area contributed by atoms with Gasteiger partial charge in [0.25, 0.3) is 5.91 Å². The summed E-state index contributed by atoms with van der Waals surface area (Å²) in [7, 11) is 0. The van der Waals surface area contributed by atoms with Crippen LogP contribution in [0.15, 0.2) is 80.5 Å². The molecule has 2 N–H and O–H groups in total. The molecule has 1 fully saturated rings. The SMILES string of the molecule is O=C(c1cc(=O)c2ccccc2o1)N1CCC(CNc2cc(-c3ccccc3O)nc3c(Br)cnn23)CC1. The largest absolute Gasteiger partial charge is 0.507 e. The molecule has 1 aliphatic rings. The number of aromatic nitrogens is 3. The number of carbonyl (C=O) groups is 1. The van der Waals surface area contributed by atoms with Crippen molar-refractivity contribution in [3.63, 3.8) is 0 Å². The number of piperidine rings is 1. The molecule has 1 amide bonds. The van der Waals surface area contributed by atoms with Crippen LogP contribution >= 0.6 is 15.9 Å². The molecule has 0 bridgehead atoms. The van der Waals surface area contributed by atoms with E-state index >= 15 is 0 Å². The summed E-state index contributed by atoms with van der Waals surface area (Å²) < 4.78 is 8.23. The zero-order valence-corrected chi connectivity index (χ0v) is 21.9. The van der Waals surface area contributed by atoms with Crippen LogP contribution in [0.4, 0.5) is 5.82 Å². The van der Waals surface area contributed by atoms with Crippen LogP contribution in [-0.2, 0) is 0 Å². The van der Waals surface area contributed by atoms with Crippen LogP contribution in [0.2, 0.25) is 0 Å². The molecular formula is C28H24BrN5O4. The van der Waals surface area contributed by atoms with E-state index in [1.165, 1.54) is 6.07 Å². The Bertz CT molecular complexity index is 1720. The molecule has 1 saturated heterocycles. The second-order valence-corrected chi connectivity index (χ2v) is 10.2. The van der Waals surface area contributed by atoms with Crippen molar-refractivity contribution in [1.29, 1.82) is 0 Å². The van der Waals surface area contributed by atoms with E-state index in [0.29, 0.717) is 53.4 Å². The van der Waals surface area contributed by atoms with Gasteiger partial charge in [-0.1, -0.05) is 24.3 Å². The Morgan fingerprint density at radius 1 is 1.11 bits per heavy atom. The minimum atomic E-state index is -0.260. The number of halogens is 1. The van der Waals surface area contributed by atoms with Crippen molar-refractivity contribution in [2.75, 3.05) is 25.0 Å². The average molecular weight is 574 g/mol. The molecular weight excluding hydrogens is 550 g/mol. The van der Waals surface area contributed by atoms with Crippen molar-refractivity contribution in [3.05, 3.63) is 87.3 Å². The van der Waals surface area contributed by atoms with Gasteiger partial charge in [-0.05, 0) is 59.0 Å². The molecule has 3 aromatic heterocycles. The highest BCUT2D eigenvalue weighted by Crippen LogP contribution is 2.31. The lowest BCUT2D eigenvalue weighted by atomic mass is 9.96. The third-order valence-corrected chi connectivity index (χ3v) is 7.49. The number of phenols is 1. The van der Waals surface area contributed by atoms with Crippen LogP contribution in [-0.4, -0.2) is 50.1 Å². The molecule has 0 aliphatic carbocycles. The molecule has 2 aromatic carbocycles. The summed E-state index contributed by atoms with van der Waals surface area (Å²) in [4.78, 5) is 31.9. The summed E-state index contributed by atoms with van der Waals surface area (Å²) in [5.41, 5.74) is 2.12. The minimum Gasteiger partial charge on any atom is -0.507 e. The number of amides is 1. The van der Waals surface area contributed by atoms with Gasteiger partial charge in [-0.2, -0.15) is 9.61 Å². The number of carbonyl (C=O) groups excluding carboxylic acids is 1. The molecule has 0 unspecified atom stereocenters. The number of likely N-dealkylation sites (tertiary alicyclic amines) is 1. The molecule has 0 saturated carbocycles. The van der Waals surface area contributed by atoms with Crippen LogP contribution in [0.1, 0.15) is 23.4 Å². The van der Waals surface area contributed by atoms with E-state index < -0.39 is 0 Å². The summed E-state index contributed by atoms with van der Waals surface area (Å²) in [6.45, 7) is 1.83. The fourth-order valence-electron chi connectivity index (χ4n) is 4.84. The Hall–Kier alpha value is -4.18. The van der Waals surface area contributed by atoms with Gasteiger partial charge in [0.05, 0.1) is 21.7 Å². The van der Waals surface area contributed by atoms with Gasteiger partial charge in [0, 0.05) is 37.3 Å². The van der Waals surface area contributed by atoms with E-state index in [4.69, 9.17) is 4.42 Å². The highest BCUT2D eigenvalue weighted by molar-refractivity contribution is 9.10. The van der Waals surface area contributed by atoms with Crippen LogP contribution in [0.5, 0.6) is 5.75 Å². The number of aromatic hydroxyl groups is 1. The number of phenolic OH excluding ortho intramolecular Hbond substituents is 1. The molecule has 38 heavy (non-hydrogen) atoms. The van der Waals surface area contributed by atoms with E-state index in [1.807, 2.05) is 18.2 Å². The van der Waals surface area contributed by atoms with E-state index in [1.54, 1.807) is 52.0 Å². The molecule has 192 valence electrons. The second kappa shape index (κ2) is 9.94. The summed E-state index contributed by atoms with van der Waals surface area (Å²) in [5.74, 6) is 1.06. The lowest BCUT2D eigenvalue weighted by Gasteiger charge is -2.32. The molecule has 9 nitrogen and oxygen atoms in total. The van der Waals surface area contributed by atoms with Gasteiger partial charge in [-0.15, -0.1) is 0 Å². The Kier molecular flexibility index (Phi) is 6.32. The van der Waals surface area contributed by atoms with Crippen molar-refractivity contribution < 1.29 is 14.3 Å². The van der Waals surface area contributed by atoms with Gasteiger partial charge in [-0.3, -0.25) is 9.59 Å². The van der Waals surface area contributed by atoms with Crippen molar-refractivity contribution in [1.82, 2.24) is 19.5 Å². The van der Waals surface area contributed by atoms with E-state index in [-0.39, 0.29) is 22.8 Å². The third-order valence-electron chi connectivity index (χ3n) is 6.93. The summed E-state index contributed by atoms with van der Waals surface area (Å²) >= 11 is 3.51. The molecule has 1 aliphatic heterocycles. The van der Waals surface area contributed by atoms with Gasteiger partial charge in [0.1, 0.15) is 17.2 Å². The van der Waals surface area contributed by atoms with Gasteiger partial charge in [-0.25, -0.2) is 4.98 Å². The number of rotatable bonds is 5. The number of para-hydroxylation sites is 2. The maximum absolute atomic E-state index is 13.1. The molecule has 4 heterocycles. The maximum atomic E-state index is 13.1. The first-order valence-electron chi connectivity index (χ1n) is 12.4. The Morgan fingerprint density at radius 3 is 2.68 bits per heavy atom. The maximum Gasteiger partial charge on any atom is 0.289 e. The highest BCUT2D eigenvalue weighted by atomic mass is 79.9. The van der Waals surface area contributed by atoms with Crippen LogP contribution in [0.3, 0.4) is 0 Å². The zero-order valence-electron chi connectivity index (χ0n) is 20.3. The minimum absolute atomic E-state index is 0.0744. The first kappa shape index (κ1) is 24.2. The van der Waals surface area contributed by atoms with Crippen LogP contribution in [0.25, 0.3) is 27.9 Å². The van der Waals surface area contributed by atoms with Gasteiger partial charge in [0.2, 0.25) is 0 Å². The van der Waals surface area contributed by atoms with E-state index in [0.717, 1.165) is 23.1 Å². The fraction of sp³-hybridized carbons (Fsp3) is 0.214. The summed E-state index contributed by atoms with van der Waals surface area (Å²) in [6, 6.07) is 17.2. The number of benzene rings is 2. The number of nitrogens with zero attached hydrogens (tertiary/aromatic N) is 4. The quantitative estimate of drug-likeness (QED) is 0.306. The van der Waals surface area contributed by atoms with Crippen LogP contribution in [0, 0.1) is 5.92 Å². The smallest absolute Gasteiger partial charge is 0.289 e. The van der Waals surface area contributed by atoms with E-state index in [2.05, 4.69) is 31.3 Å². The van der Waals surface area contributed by atoms with Crippen molar-refractivity contribution in [2.24, 2.45) is 5.92 Å². The Labute approximate surface area is 225 Å². The fourth-order valence-corrected chi connectivity index (χ4v) is 5.19. The molecule has 0 radical (unpaired) electrons. The number of fused-ring (bicyclic) bond motifs is 2. The Balaban J connectivity index is 1.15. The zero-order chi connectivity index (χ0) is 26.2. The first-order chi connectivity index (χ1) is 18.5. The third kappa shape index (κ3) is 4.51.